The number of pyridine rings is 1. The van der Waals surface area contributed by atoms with Crippen LogP contribution >= 0.6 is 0 Å². The quantitative estimate of drug-likeness (QED) is 0.935. The van der Waals surface area contributed by atoms with E-state index in [-0.39, 0.29) is 0 Å². The molecule has 3 heterocycles. The van der Waals surface area contributed by atoms with Gasteiger partial charge in [-0.1, -0.05) is 6.07 Å². The van der Waals surface area contributed by atoms with Crippen LogP contribution in [0.3, 0.4) is 0 Å². The van der Waals surface area contributed by atoms with Crippen molar-refractivity contribution in [2.75, 3.05) is 23.3 Å². The molecule has 2 aromatic rings. The van der Waals surface area contributed by atoms with Crippen LogP contribution in [0.2, 0.25) is 0 Å². The van der Waals surface area contributed by atoms with Crippen molar-refractivity contribution in [2.45, 2.75) is 32.7 Å². The van der Waals surface area contributed by atoms with E-state index in [1.165, 1.54) is 19.3 Å². The summed E-state index contributed by atoms with van der Waals surface area (Å²) in [6.45, 7) is 4.86. The average molecular weight is 283 g/mol. The standard InChI is InChI=1S/C16H21N5/c1-13-19-15(18-12-14-6-5-7-17-11-14)10-16(20-13)21-8-3-2-4-9-21/h5-7,10-11H,2-4,8-9,12H2,1H3,(H,18,19,20). The molecular formula is C16H21N5. The summed E-state index contributed by atoms with van der Waals surface area (Å²) in [7, 11) is 0. The fraction of sp³-hybridized carbons (Fsp3) is 0.438. The first-order valence-electron chi connectivity index (χ1n) is 7.55. The first-order valence-corrected chi connectivity index (χ1v) is 7.55. The molecule has 21 heavy (non-hydrogen) atoms. The molecule has 0 unspecified atom stereocenters. The zero-order valence-electron chi connectivity index (χ0n) is 12.4. The molecule has 1 N–H and O–H groups in total. The Kier molecular flexibility index (Phi) is 4.28. The number of anilines is 2. The number of nitrogens with one attached hydrogen (secondary N) is 1. The van der Waals surface area contributed by atoms with E-state index >= 15 is 0 Å². The summed E-state index contributed by atoms with van der Waals surface area (Å²) in [6, 6.07) is 6.05. The Morgan fingerprint density at radius 3 is 2.81 bits per heavy atom. The molecule has 0 bridgehead atoms. The van der Waals surface area contributed by atoms with Crippen molar-refractivity contribution in [1.82, 2.24) is 15.0 Å². The van der Waals surface area contributed by atoms with Gasteiger partial charge < -0.3 is 10.2 Å². The molecule has 0 aromatic carbocycles. The molecule has 2 aromatic heterocycles. The minimum Gasteiger partial charge on any atom is -0.366 e. The maximum atomic E-state index is 4.57. The van der Waals surface area contributed by atoms with Crippen LogP contribution in [-0.2, 0) is 6.54 Å². The third-order valence-corrected chi connectivity index (χ3v) is 3.70. The number of aryl methyl sites for hydroxylation is 1. The Hall–Kier alpha value is -2.17. The van der Waals surface area contributed by atoms with Crippen molar-refractivity contribution in [3.8, 4) is 0 Å². The number of hydrogen-bond acceptors (Lipinski definition) is 5. The van der Waals surface area contributed by atoms with E-state index in [0.717, 1.165) is 42.7 Å². The van der Waals surface area contributed by atoms with Crippen LogP contribution in [0.5, 0.6) is 0 Å². The van der Waals surface area contributed by atoms with Gasteiger partial charge in [0.1, 0.15) is 17.5 Å². The highest BCUT2D eigenvalue weighted by Gasteiger charge is 2.13. The van der Waals surface area contributed by atoms with Crippen molar-refractivity contribution < 1.29 is 0 Å². The topological polar surface area (TPSA) is 53.9 Å². The average Bonchev–Trinajstić information content (AvgIpc) is 2.54. The highest BCUT2D eigenvalue weighted by Crippen LogP contribution is 2.20. The number of nitrogens with zero attached hydrogens (tertiary/aromatic N) is 4. The SMILES string of the molecule is Cc1nc(NCc2cccnc2)cc(N2CCCCC2)n1. The molecule has 0 saturated carbocycles. The van der Waals surface area contributed by atoms with Crippen LogP contribution in [-0.4, -0.2) is 28.0 Å². The summed E-state index contributed by atoms with van der Waals surface area (Å²) >= 11 is 0. The van der Waals surface area contributed by atoms with Crippen LogP contribution in [0.15, 0.2) is 30.6 Å². The van der Waals surface area contributed by atoms with E-state index in [1.54, 1.807) is 6.20 Å². The first-order chi connectivity index (χ1) is 10.3. The predicted octanol–water partition coefficient (Wildman–Crippen LogP) is 2.78. The molecule has 0 amide bonds. The lowest BCUT2D eigenvalue weighted by atomic mass is 10.1. The van der Waals surface area contributed by atoms with E-state index in [1.807, 2.05) is 19.2 Å². The van der Waals surface area contributed by atoms with Crippen molar-refractivity contribution >= 4 is 11.6 Å². The Bertz CT molecular complexity index is 578. The lowest BCUT2D eigenvalue weighted by Crippen LogP contribution is -2.30. The Morgan fingerprint density at radius 1 is 1.19 bits per heavy atom. The monoisotopic (exact) mass is 283 g/mol. The van der Waals surface area contributed by atoms with Gasteiger partial charge in [-0.15, -0.1) is 0 Å². The zero-order valence-corrected chi connectivity index (χ0v) is 12.4. The van der Waals surface area contributed by atoms with Crippen molar-refractivity contribution in [3.05, 3.63) is 42.0 Å². The summed E-state index contributed by atoms with van der Waals surface area (Å²) in [6.07, 6.45) is 7.48. The van der Waals surface area contributed by atoms with E-state index in [9.17, 15) is 0 Å². The molecule has 1 fully saturated rings. The summed E-state index contributed by atoms with van der Waals surface area (Å²) in [4.78, 5) is 15.5. The second-order valence-corrected chi connectivity index (χ2v) is 5.42. The second kappa shape index (κ2) is 6.52. The molecule has 5 heteroatoms. The Labute approximate surface area is 125 Å². The molecule has 5 nitrogen and oxygen atoms in total. The fourth-order valence-corrected chi connectivity index (χ4v) is 2.62. The van der Waals surface area contributed by atoms with Crippen LogP contribution in [0.4, 0.5) is 11.6 Å². The maximum absolute atomic E-state index is 4.57. The van der Waals surface area contributed by atoms with Gasteiger partial charge in [-0.2, -0.15) is 0 Å². The normalized spacial score (nSPS) is 15.0. The first kappa shape index (κ1) is 13.8. The van der Waals surface area contributed by atoms with E-state index < -0.39 is 0 Å². The highest BCUT2D eigenvalue weighted by molar-refractivity contribution is 5.49. The van der Waals surface area contributed by atoms with Gasteiger partial charge in [-0.3, -0.25) is 4.98 Å². The molecule has 1 aliphatic rings. The largest absolute Gasteiger partial charge is 0.366 e. The Morgan fingerprint density at radius 2 is 2.05 bits per heavy atom. The zero-order chi connectivity index (χ0) is 14.5. The third kappa shape index (κ3) is 3.68. The summed E-state index contributed by atoms with van der Waals surface area (Å²) in [5.41, 5.74) is 1.15. The summed E-state index contributed by atoms with van der Waals surface area (Å²) < 4.78 is 0. The number of aromatic nitrogens is 3. The third-order valence-electron chi connectivity index (χ3n) is 3.70. The van der Waals surface area contributed by atoms with Gasteiger partial charge in [0.15, 0.2) is 0 Å². The van der Waals surface area contributed by atoms with Crippen molar-refractivity contribution in [1.29, 1.82) is 0 Å². The lowest BCUT2D eigenvalue weighted by Gasteiger charge is -2.28. The van der Waals surface area contributed by atoms with Crippen LogP contribution < -0.4 is 10.2 Å². The number of hydrogen-bond donors (Lipinski definition) is 1. The molecule has 110 valence electrons. The van der Waals surface area contributed by atoms with Crippen molar-refractivity contribution in [2.24, 2.45) is 0 Å². The molecule has 1 saturated heterocycles. The van der Waals surface area contributed by atoms with Gasteiger partial charge in [0.2, 0.25) is 0 Å². The maximum Gasteiger partial charge on any atom is 0.134 e. The molecule has 3 rings (SSSR count). The van der Waals surface area contributed by atoms with Crippen molar-refractivity contribution in [3.63, 3.8) is 0 Å². The highest BCUT2D eigenvalue weighted by atomic mass is 15.2. The van der Waals surface area contributed by atoms with Gasteiger partial charge in [0, 0.05) is 38.1 Å². The molecule has 0 aliphatic carbocycles. The Balaban J connectivity index is 1.71. The van der Waals surface area contributed by atoms with E-state index in [4.69, 9.17) is 0 Å². The molecule has 0 radical (unpaired) electrons. The van der Waals surface area contributed by atoms with Gasteiger partial charge in [0.05, 0.1) is 0 Å². The van der Waals surface area contributed by atoms with Gasteiger partial charge >= 0.3 is 0 Å². The molecule has 0 atom stereocenters. The smallest absolute Gasteiger partial charge is 0.134 e. The minimum absolute atomic E-state index is 0.726. The lowest BCUT2D eigenvalue weighted by molar-refractivity contribution is 0.572. The minimum atomic E-state index is 0.726. The summed E-state index contributed by atoms with van der Waals surface area (Å²) in [5.74, 6) is 2.73. The fourth-order valence-electron chi connectivity index (χ4n) is 2.62. The number of piperidine rings is 1. The molecule has 0 spiro atoms. The van der Waals surface area contributed by atoms with Crippen LogP contribution in [0, 0.1) is 6.92 Å². The molecule has 1 aliphatic heterocycles. The van der Waals surface area contributed by atoms with Crippen LogP contribution in [0.1, 0.15) is 30.7 Å². The van der Waals surface area contributed by atoms with Gasteiger partial charge in [0.25, 0.3) is 0 Å². The van der Waals surface area contributed by atoms with Crippen LogP contribution in [0.25, 0.3) is 0 Å². The summed E-state index contributed by atoms with van der Waals surface area (Å²) in [5, 5.41) is 3.36. The number of rotatable bonds is 4. The molecular weight excluding hydrogens is 262 g/mol. The predicted molar refractivity (Wildman–Crippen MR) is 84.4 cm³/mol. The van der Waals surface area contributed by atoms with Gasteiger partial charge in [-0.05, 0) is 37.8 Å². The van der Waals surface area contributed by atoms with Gasteiger partial charge in [-0.25, -0.2) is 9.97 Å². The van der Waals surface area contributed by atoms with E-state index in [0.29, 0.717) is 0 Å². The van der Waals surface area contributed by atoms with E-state index in [2.05, 4.69) is 37.3 Å². The second-order valence-electron chi connectivity index (χ2n) is 5.42.